The lowest BCUT2D eigenvalue weighted by molar-refractivity contribution is -0.126. The van der Waals surface area contributed by atoms with Gasteiger partial charge in [-0.25, -0.2) is 0 Å². The largest absolute Gasteiger partial charge is 0.349 e. The molecule has 0 bridgehead atoms. The molecule has 1 aromatic heterocycles. The summed E-state index contributed by atoms with van der Waals surface area (Å²) in [6.07, 6.45) is 7.26. The van der Waals surface area contributed by atoms with E-state index in [1.807, 2.05) is 19.1 Å². The molecule has 98 valence electrons. The molecule has 0 aliphatic heterocycles. The van der Waals surface area contributed by atoms with E-state index in [0.717, 1.165) is 31.2 Å². The van der Waals surface area contributed by atoms with Crippen LogP contribution in [0.25, 0.3) is 0 Å². The highest BCUT2D eigenvalue weighted by molar-refractivity contribution is 5.79. The van der Waals surface area contributed by atoms with Crippen LogP contribution in [0.3, 0.4) is 0 Å². The Morgan fingerprint density at radius 3 is 2.78 bits per heavy atom. The van der Waals surface area contributed by atoms with Gasteiger partial charge in [0.25, 0.3) is 0 Å². The van der Waals surface area contributed by atoms with Gasteiger partial charge < -0.3 is 11.1 Å². The van der Waals surface area contributed by atoms with Crippen LogP contribution in [-0.2, 0) is 4.79 Å². The summed E-state index contributed by atoms with van der Waals surface area (Å²) in [5, 5.41) is 3.06. The standard InChI is InChI=1S/C14H21N3O/c1-10(12-3-2-8-16-9-12)17-14(18)11-4-6-13(15)7-5-11/h2-3,8-11,13H,4-7,15H2,1H3,(H,17,18)/t10-,11?,13?/m1/s1. The van der Waals surface area contributed by atoms with E-state index in [9.17, 15) is 4.79 Å². The smallest absolute Gasteiger partial charge is 0.223 e. The number of nitrogens with two attached hydrogens (primary N) is 1. The van der Waals surface area contributed by atoms with Crippen molar-refractivity contribution in [1.82, 2.24) is 10.3 Å². The molecule has 2 rings (SSSR count). The average molecular weight is 247 g/mol. The third-order valence-corrected chi connectivity index (χ3v) is 3.69. The fourth-order valence-corrected chi connectivity index (χ4v) is 2.43. The highest BCUT2D eigenvalue weighted by Gasteiger charge is 2.25. The van der Waals surface area contributed by atoms with E-state index >= 15 is 0 Å². The van der Waals surface area contributed by atoms with Crippen molar-refractivity contribution in [2.45, 2.75) is 44.7 Å². The van der Waals surface area contributed by atoms with Crippen LogP contribution in [0.2, 0.25) is 0 Å². The molecule has 1 amide bonds. The molecule has 0 saturated heterocycles. The van der Waals surface area contributed by atoms with Gasteiger partial charge in [-0.05, 0) is 44.2 Å². The quantitative estimate of drug-likeness (QED) is 0.855. The predicted octanol–water partition coefficient (Wildman–Crippen LogP) is 1.78. The van der Waals surface area contributed by atoms with Gasteiger partial charge in [0.1, 0.15) is 0 Å². The summed E-state index contributed by atoms with van der Waals surface area (Å²) in [5.41, 5.74) is 6.89. The number of amides is 1. The van der Waals surface area contributed by atoms with E-state index in [1.54, 1.807) is 12.4 Å². The summed E-state index contributed by atoms with van der Waals surface area (Å²) in [6.45, 7) is 1.99. The van der Waals surface area contributed by atoms with Gasteiger partial charge in [-0.2, -0.15) is 0 Å². The first kappa shape index (κ1) is 13.0. The molecule has 1 fully saturated rings. The van der Waals surface area contributed by atoms with Crippen LogP contribution in [0.15, 0.2) is 24.5 Å². The highest BCUT2D eigenvalue weighted by atomic mass is 16.1. The maximum Gasteiger partial charge on any atom is 0.223 e. The zero-order chi connectivity index (χ0) is 13.0. The molecule has 1 atom stereocenters. The number of nitrogens with zero attached hydrogens (tertiary/aromatic N) is 1. The third kappa shape index (κ3) is 3.29. The van der Waals surface area contributed by atoms with Crippen LogP contribution in [0.4, 0.5) is 0 Å². The highest BCUT2D eigenvalue weighted by Crippen LogP contribution is 2.24. The molecule has 0 spiro atoms. The number of nitrogens with one attached hydrogen (secondary N) is 1. The lowest BCUT2D eigenvalue weighted by atomic mass is 9.86. The van der Waals surface area contributed by atoms with Crippen molar-refractivity contribution in [3.05, 3.63) is 30.1 Å². The van der Waals surface area contributed by atoms with Gasteiger partial charge in [0.2, 0.25) is 5.91 Å². The van der Waals surface area contributed by atoms with Crippen molar-refractivity contribution < 1.29 is 4.79 Å². The summed E-state index contributed by atoms with van der Waals surface area (Å²) < 4.78 is 0. The van der Waals surface area contributed by atoms with Crippen molar-refractivity contribution in [3.8, 4) is 0 Å². The maximum absolute atomic E-state index is 12.1. The second-order valence-electron chi connectivity index (χ2n) is 5.13. The monoisotopic (exact) mass is 247 g/mol. The molecular weight excluding hydrogens is 226 g/mol. The molecular formula is C14H21N3O. The summed E-state index contributed by atoms with van der Waals surface area (Å²) >= 11 is 0. The van der Waals surface area contributed by atoms with E-state index in [-0.39, 0.29) is 23.9 Å². The zero-order valence-corrected chi connectivity index (χ0v) is 10.8. The number of pyridine rings is 1. The molecule has 1 aliphatic rings. The second kappa shape index (κ2) is 5.96. The molecule has 1 heterocycles. The predicted molar refractivity (Wildman–Crippen MR) is 70.7 cm³/mol. The van der Waals surface area contributed by atoms with Crippen molar-refractivity contribution in [3.63, 3.8) is 0 Å². The summed E-state index contributed by atoms with van der Waals surface area (Å²) in [7, 11) is 0. The van der Waals surface area contributed by atoms with Crippen molar-refractivity contribution in [2.75, 3.05) is 0 Å². The van der Waals surface area contributed by atoms with Crippen LogP contribution in [0.5, 0.6) is 0 Å². The Labute approximate surface area is 108 Å². The van der Waals surface area contributed by atoms with Gasteiger partial charge in [-0.3, -0.25) is 9.78 Å². The number of hydrogen-bond donors (Lipinski definition) is 2. The molecule has 1 aromatic rings. The van der Waals surface area contributed by atoms with E-state index in [1.165, 1.54) is 0 Å². The normalized spacial score (nSPS) is 25.4. The van der Waals surface area contributed by atoms with Crippen LogP contribution in [0.1, 0.15) is 44.2 Å². The molecule has 0 aromatic carbocycles. The van der Waals surface area contributed by atoms with Gasteiger partial charge in [0.05, 0.1) is 6.04 Å². The first-order valence-corrected chi connectivity index (χ1v) is 6.62. The first-order valence-electron chi connectivity index (χ1n) is 6.62. The third-order valence-electron chi connectivity index (χ3n) is 3.69. The topological polar surface area (TPSA) is 68.0 Å². The first-order chi connectivity index (χ1) is 8.66. The average Bonchev–Trinajstić information content (AvgIpc) is 2.40. The second-order valence-corrected chi connectivity index (χ2v) is 5.13. The minimum Gasteiger partial charge on any atom is -0.349 e. The molecule has 0 unspecified atom stereocenters. The summed E-state index contributed by atoms with van der Waals surface area (Å²) in [5.74, 6) is 0.280. The van der Waals surface area contributed by atoms with Crippen LogP contribution >= 0.6 is 0 Å². The van der Waals surface area contributed by atoms with Crippen molar-refractivity contribution >= 4 is 5.91 Å². The van der Waals surface area contributed by atoms with Crippen LogP contribution in [0, 0.1) is 5.92 Å². The fourth-order valence-electron chi connectivity index (χ4n) is 2.43. The van der Waals surface area contributed by atoms with Crippen molar-refractivity contribution in [2.24, 2.45) is 11.7 Å². The molecule has 4 nitrogen and oxygen atoms in total. The van der Waals surface area contributed by atoms with E-state index in [4.69, 9.17) is 5.73 Å². The lowest BCUT2D eigenvalue weighted by Gasteiger charge is -2.26. The summed E-state index contributed by atoms with van der Waals surface area (Å²) in [6, 6.07) is 4.17. The minimum absolute atomic E-state index is 0.0156. The fraction of sp³-hybridized carbons (Fsp3) is 0.571. The summed E-state index contributed by atoms with van der Waals surface area (Å²) in [4.78, 5) is 16.2. The Morgan fingerprint density at radius 1 is 1.44 bits per heavy atom. The molecule has 18 heavy (non-hydrogen) atoms. The van der Waals surface area contributed by atoms with Gasteiger partial charge in [-0.15, -0.1) is 0 Å². The number of carbonyl (C=O) groups is 1. The number of rotatable bonds is 3. The van der Waals surface area contributed by atoms with Gasteiger partial charge in [0.15, 0.2) is 0 Å². The lowest BCUT2D eigenvalue weighted by Crippen LogP contribution is -2.37. The number of carbonyl (C=O) groups excluding carboxylic acids is 1. The Balaban J connectivity index is 1.87. The molecule has 0 radical (unpaired) electrons. The number of hydrogen-bond acceptors (Lipinski definition) is 3. The molecule has 1 saturated carbocycles. The molecule has 1 aliphatic carbocycles. The Hall–Kier alpha value is -1.42. The van der Waals surface area contributed by atoms with E-state index in [2.05, 4.69) is 10.3 Å². The molecule has 3 N–H and O–H groups in total. The molecule has 4 heteroatoms. The number of aromatic nitrogens is 1. The Bertz CT molecular complexity index is 385. The van der Waals surface area contributed by atoms with Gasteiger partial charge in [-0.1, -0.05) is 6.07 Å². The van der Waals surface area contributed by atoms with E-state index in [0.29, 0.717) is 0 Å². The Morgan fingerprint density at radius 2 is 2.17 bits per heavy atom. The maximum atomic E-state index is 12.1. The Kier molecular flexibility index (Phi) is 4.31. The SMILES string of the molecule is C[C@@H](NC(=O)C1CCC(N)CC1)c1cccnc1. The van der Waals surface area contributed by atoms with Gasteiger partial charge >= 0.3 is 0 Å². The van der Waals surface area contributed by atoms with Crippen molar-refractivity contribution in [1.29, 1.82) is 0 Å². The van der Waals surface area contributed by atoms with Gasteiger partial charge in [0, 0.05) is 24.4 Å². The van der Waals surface area contributed by atoms with Crippen LogP contribution in [-0.4, -0.2) is 16.9 Å². The van der Waals surface area contributed by atoms with E-state index < -0.39 is 0 Å². The van der Waals surface area contributed by atoms with Crippen LogP contribution < -0.4 is 11.1 Å². The zero-order valence-electron chi connectivity index (χ0n) is 10.8. The minimum atomic E-state index is 0.0156.